The van der Waals surface area contributed by atoms with Crippen LogP contribution in [0.4, 0.5) is 5.82 Å². The van der Waals surface area contributed by atoms with E-state index in [1.165, 1.54) is 12.8 Å². The van der Waals surface area contributed by atoms with E-state index >= 15 is 0 Å². The number of hydrogen-bond acceptors (Lipinski definition) is 5. The zero-order chi connectivity index (χ0) is 22.2. The van der Waals surface area contributed by atoms with Crippen molar-refractivity contribution >= 4 is 23.3 Å². The van der Waals surface area contributed by atoms with E-state index < -0.39 is 0 Å². The Hall–Kier alpha value is -2.77. The van der Waals surface area contributed by atoms with Crippen molar-refractivity contribution in [1.82, 2.24) is 25.1 Å². The number of pyridine rings is 1. The predicted octanol–water partition coefficient (Wildman–Crippen LogP) is 3.87. The highest BCUT2D eigenvalue weighted by atomic mass is 35.5. The second-order valence-electron chi connectivity index (χ2n) is 9.00. The van der Waals surface area contributed by atoms with Crippen molar-refractivity contribution in [2.45, 2.75) is 45.2 Å². The molecule has 1 fully saturated rings. The number of anilines is 1. The van der Waals surface area contributed by atoms with E-state index in [1.807, 2.05) is 29.8 Å². The highest BCUT2D eigenvalue weighted by Gasteiger charge is 2.30. The average molecular weight is 451 g/mol. The third-order valence-electron chi connectivity index (χ3n) is 6.38. The van der Waals surface area contributed by atoms with Crippen LogP contribution in [0.1, 0.15) is 58.6 Å². The van der Waals surface area contributed by atoms with Crippen molar-refractivity contribution < 1.29 is 4.79 Å². The fourth-order valence-corrected chi connectivity index (χ4v) is 4.44. The summed E-state index contributed by atoms with van der Waals surface area (Å²) in [7, 11) is 1.94. The SMILES string of the molecule is C[C@H](Cc1nncn1C)c1ccc2c(c1)C(=O)N(c1cc(CNCC3CC3)cc(Cl)n1)C2. The lowest BCUT2D eigenvalue weighted by Gasteiger charge is -2.16. The quantitative estimate of drug-likeness (QED) is 0.527. The third kappa shape index (κ3) is 4.40. The van der Waals surface area contributed by atoms with Gasteiger partial charge in [0.25, 0.3) is 5.91 Å². The van der Waals surface area contributed by atoms with Crippen LogP contribution in [0.3, 0.4) is 0 Å². The highest BCUT2D eigenvalue weighted by Crippen LogP contribution is 2.32. The number of carbonyl (C=O) groups excluding carboxylic acids is 1. The smallest absolute Gasteiger partial charge is 0.260 e. The van der Waals surface area contributed by atoms with E-state index in [4.69, 9.17) is 11.6 Å². The van der Waals surface area contributed by atoms with Gasteiger partial charge in [-0.3, -0.25) is 9.69 Å². The number of aryl methyl sites for hydroxylation is 1. The number of carbonyl (C=O) groups is 1. The number of benzene rings is 1. The number of hydrogen-bond donors (Lipinski definition) is 1. The molecule has 8 heteroatoms. The molecule has 2 aliphatic rings. The molecule has 1 N–H and O–H groups in total. The van der Waals surface area contributed by atoms with Gasteiger partial charge in [0.15, 0.2) is 0 Å². The monoisotopic (exact) mass is 450 g/mol. The van der Waals surface area contributed by atoms with Gasteiger partial charge in [-0.25, -0.2) is 4.98 Å². The standard InChI is InChI=1S/C24H27ClN6O/c1-15(7-23-29-27-14-30(23)2)18-5-6-19-13-31(24(32)20(19)10-18)22-9-17(8-21(25)28-22)12-26-11-16-3-4-16/h5-6,8-10,14-16,26H,3-4,7,11-13H2,1-2H3/t15-/m1/s1. The summed E-state index contributed by atoms with van der Waals surface area (Å²) in [5.41, 5.74) is 3.91. The van der Waals surface area contributed by atoms with Crippen molar-refractivity contribution in [3.05, 3.63) is 69.9 Å². The Labute approximate surface area is 192 Å². The van der Waals surface area contributed by atoms with Crippen LogP contribution in [0.15, 0.2) is 36.7 Å². The van der Waals surface area contributed by atoms with Crippen LogP contribution in [0.2, 0.25) is 5.15 Å². The van der Waals surface area contributed by atoms with Gasteiger partial charge < -0.3 is 9.88 Å². The Morgan fingerprint density at radius 3 is 2.84 bits per heavy atom. The molecule has 1 atom stereocenters. The minimum absolute atomic E-state index is 0.0284. The molecule has 3 aromatic rings. The number of nitrogens with one attached hydrogen (secondary N) is 1. The van der Waals surface area contributed by atoms with Crippen LogP contribution in [0, 0.1) is 5.92 Å². The van der Waals surface area contributed by atoms with Gasteiger partial charge in [0.05, 0.1) is 6.54 Å². The molecule has 0 unspecified atom stereocenters. The normalized spacial score (nSPS) is 16.5. The number of amides is 1. The second kappa shape index (κ2) is 8.64. The summed E-state index contributed by atoms with van der Waals surface area (Å²) < 4.78 is 1.93. The van der Waals surface area contributed by atoms with Crippen molar-refractivity contribution in [2.24, 2.45) is 13.0 Å². The van der Waals surface area contributed by atoms with Gasteiger partial charge in [-0.05, 0) is 66.1 Å². The van der Waals surface area contributed by atoms with Crippen molar-refractivity contribution in [1.29, 1.82) is 0 Å². The highest BCUT2D eigenvalue weighted by molar-refractivity contribution is 6.29. The molecule has 1 aromatic carbocycles. The number of halogens is 1. The van der Waals surface area contributed by atoms with E-state index in [-0.39, 0.29) is 11.8 Å². The van der Waals surface area contributed by atoms with Crippen LogP contribution < -0.4 is 10.2 Å². The average Bonchev–Trinajstić information content (AvgIpc) is 3.42. The first-order chi connectivity index (χ1) is 15.5. The zero-order valence-corrected chi connectivity index (χ0v) is 19.1. The van der Waals surface area contributed by atoms with Gasteiger partial charge in [0.1, 0.15) is 23.1 Å². The molecule has 5 rings (SSSR count). The minimum atomic E-state index is -0.0284. The Kier molecular flexibility index (Phi) is 5.69. The molecule has 166 valence electrons. The summed E-state index contributed by atoms with van der Waals surface area (Å²) in [5.74, 6) is 2.54. The first-order valence-corrected chi connectivity index (χ1v) is 11.5. The van der Waals surface area contributed by atoms with Crippen LogP contribution in [-0.2, 0) is 26.6 Å². The topological polar surface area (TPSA) is 75.9 Å². The lowest BCUT2D eigenvalue weighted by atomic mass is 9.94. The molecule has 1 amide bonds. The maximum absolute atomic E-state index is 13.3. The largest absolute Gasteiger partial charge is 0.321 e. The van der Waals surface area contributed by atoms with Gasteiger partial charge in [0, 0.05) is 25.6 Å². The molecule has 1 saturated carbocycles. The zero-order valence-electron chi connectivity index (χ0n) is 18.4. The maximum Gasteiger partial charge on any atom is 0.260 e. The fourth-order valence-electron chi connectivity index (χ4n) is 4.21. The molecule has 3 heterocycles. The van der Waals surface area contributed by atoms with Crippen LogP contribution in [0.5, 0.6) is 0 Å². The first-order valence-electron chi connectivity index (χ1n) is 11.1. The van der Waals surface area contributed by atoms with Gasteiger partial charge in [0.2, 0.25) is 0 Å². The lowest BCUT2D eigenvalue weighted by Crippen LogP contribution is -2.24. The third-order valence-corrected chi connectivity index (χ3v) is 6.57. The molecule has 7 nitrogen and oxygen atoms in total. The molecule has 0 spiro atoms. The Morgan fingerprint density at radius 2 is 2.09 bits per heavy atom. The van der Waals surface area contributed by atoms with Crippen LogP contribution >= 0.6 is 11.6 Å². The molecule has 0 saturated heterocycles. The molecule has 0 radical (unpaired) electrons. The number of nitrogens with zero attached hydrogens (tertiary/aromatic N) is 5. The number of fused-ring (bicyclic) bond motifs is 1. The minimum Gasteiger partial charge on any atom is -0.321 e. The molecule has 2 aromatic heterocycles. The van der Waals surface area contributed by atoms with Crippen molar-refractivity contribution in [2.75, 3.05) is 11.4 Å². The summed E-state index contributed by atoms with van der Waals surface area (Å²) in [6.07, 6.45) is 5.10. The molecule has 1 aliphatic heterocycles. The summed E-state index contributed by atoms with van der Waals surface area (Å²) in [6, 6.07) is 10.0. The van der Waals surface area contributed by atoms with E-state index in [1.54, 1.807) is 11.2 Å². The van der Waals surface area contributed by atoms with Gasteiger partial charge in [-0.1, -0.05) is 30.7 Å². The van der Waals surface area contributed by atoms with E-state index in [2.05, 4.69) is 39.6 Å². The predicted molar refractivity (Wildman–Crippen MR) is 124 cm³/mol. The molecule has 1 aliphatic carbocycles. The van der Waals surface area contributed by atoms with Crippen LogP contribution in [-0.4, -0.2) is 32.2 Å². The fraction of sp³-hybridized carbons (Fsp3) is 0.417. The first kappa shape index (κ1) is 21.1. The molecular weight excluding hydrogens is 424 g/mol. The van der Waals surface area contributed by atoms with Gasteiger partial charge >= 0.3 is 0 Å². The Balaban J connectivity index is 1.32. The summed E-state index contributed by atoms with van der Waals surface area (Å²) >= 11 is 6.30. The second-order valence-corrected chi connectivity index (χ2v) is 9.39. The number of rotatable bonds is 8. The molecule has 0 bridgehead atoms. The molecule has 32 heavy (non-hydrogen) atoms. The van der Waals surface area contributed by atoms with Crippen molar-refractivity contribution in [3.63, 3.8) is 0 Å². The van der Waals surface area contributed by atoms with Gasteiger partial charge in [-0.15, -0.1) is 10.2 Å². The van der Waals surface area contributed by atoms with E-state index in [0.717, 1.165) is 53.5 Å². The van der Waals surface area contributed by atoms with E-state index in [0.29, 0.717) is 17.5 Å². The van der Waals surface area contributed by atoms with Crippen molar-refractivity contribution in [3.8, 4) is 0 Å². The van der Waals surface area contributed by atoms with Crippen LogP contribution in [0.25, 0.3) is 0 Å². The lowest BCUT2D eigenvalue weighted by molar-refractivity contribution is 0.0996. The Bertz CT molecular complexity index is 1160. The summed E-state index contributed by atoms with van der Waals surface area (Å²) in [4.78, 5) is 19.4. The Morgan fingerprint density at radius 1 is 1.25 bits per heavy atom. The summed E-state index contributed by atoms with van der Waals surface area (Å²) in [6.45, 7) is 4.41. The number of aromatic nitrogens is 4. The van der Waals surface area contributed by atoms with Gasteiger partial charge in [-0.2, -0.15) is 0 Å². The molecular formula is C24H27ClN6O. The van der Waals surface area contributed by atoms with E-state index in [9.17, 15) is 4.79 Å². The maximum atomic E-state index is 13.3. The summed E-state index contributed by atoms with van der Waals surface area (Å²) in [5, 5.41) is 12.0.